The summed E-state index contributed by atoms with van der Waals surface area (Å²) in [5.41, 5.74) is 4.01. The standard InChI is InChI=1S/C11H21N3O4/c1-4-5-11(2,10(17)18-3)14-9(16)7-13-8(15)6-12/h4-7,12H2,1-3H3,(H,13,15)(H,14,16). The van der Waals surface area contributed by atoms with Crippen LogP contribution in [0.4, 0.5) is 0 Å². The van der Waals surface area contributed by atoms with E-state index in [4.69, 9.17) is 5.73 Å². The molecule has 0 heterocycles. The van der Waals surface area contributed by atoms with Crippen LogP contribution in [-0.2, 0) is 19.1 Å². The molecule has 0 saturated heterocycles. The molecule has 104 valence electrons. The number of esters is 1. The molecule has 0 radical (unpaired) electrons. The van der Waals surface area contributed by atoms with E-state index in [1.165, 1.54) is 7.11 Å². The Labute approximate surface area is 106 Å². The molecule has 0 aromatic rings. The van der Waals surface area contributed by atoms with E-state index < -0.39 is 23.3 Å². The minimum atomic E-state index is -1.08. The first-order valence-electron chi connectivity index (χ1n) is 5.75. The SMILES string of the molecule is CCCC(C)(NC(=O)CNC(=O)CN)C(=O)OC. The first-order valence-corrected chi connectivity index (χ1v) is 5.75. The number of ether oxygens (including phenoxy) is 1. The lowest BCUT2D eigenvalue weighted by atomic mass is 9.96. The average Bonchev–Trinajstić information content (AvgIpc) is 2.34. The van der Waals surface area contributed by atoms with Gasteiger partial charge < -0.3 is 21.1 Å². The number of rotatable bonds is 7. The molecule has 0 aliphatic rings. The first-order chi connectivity index (χ1) is 8.39. The minimum Gasteiger partial charge on any atom is -0.467 e. The Balaban J connectivity index is 4.45. The van der Waals surface area contributed by atoms with Gasteiger partial charge in [0.15, 0.2) is 0 Å². The van der Waals surface area contributed by atoms with E-state index in [2.05, 4.69) is 15.4 Å². The quantitative estimate of drug-likeness (QED) is 0.503. The van der Waals surface area contributed by atoms with Crippen molar-refractivity contribution in [2.45, 2.75) is 32.2 Å². The van der Waals surface area contributed by atoms with Gasteiger partial charge in [-0.25, -0.2) is 4.79 Å². The maximum Gasteiger partial charge on any atom is 0.331 e. The number of nitrogens with two attached hydrogens (primary N) is 1. The van der Waals surface area contributed by atoms with E-state index in [0.29, 0.717) is 12.8 Å². The highest BCUT2D eigenvalue weighted by Crippen LogP contribution is 2.13. The average molecular weight is 259 g/mol. The van der Waals surface area contributed by atoms with Crippen molar-refractivity contribution in [1.29, 1.82) is 0 Å². The van der Waals surface area contributed by atoms with Crippen molar-refractivity contribution < 1.29 is 19.1 Å². The summed E-state index contributed by atoms with van der Waals surface area (Å²) in [6.45, 7) is 3.08. The molecule has 0 aromatic carbocycles. The Hall–Kier alpha value is -1.63. The molecule has 7 nitrogen and oxygen atoms in total. The van der Waals surface area contributed by atoms with Gasteiger partial charge in [0.25, 0.3) is 0 Å². The third-order valence-electron chi connectivity index (χ3n) is 2.43. The molecule has 0 saturated carbocycles. The fraction of sp³-hybridized carbons (Fsp3) is 0.727. The van der Waals surface area contributed by atoms with Gasteiger partial charge in [-0.15, -0.1) is 0 Å². The molecule has 2 amide bonds. The topological polar surface area (TPSA) is 111 Å². The number of nitrogens with one attached hydrogen (secondary N) is 2. The number of hydrogen-bond acceptors (Lipinski definition) is 5. The molecule has 18 heavy (non-hydrogen) atoms. The van der Waals surface area contributed by atoms with Crippen LogP contribution in [0.2, 0.25) is 0 Å². The molecule has 1 atom stereocenters. The van der Waals surface area contributed by atoms with Crippen molar-refractivity contribution >= 4 is 17.8 Å². The summed E-state index contributed by atoms with van der Waals surface area (Å²) in [4.78, 5) is 34.1. The van der Waals surface area contributed by atoms with Gasteiger partial charge in [0.05, 0.1) is 20.2 Å². The molecule has 4 N–H and O–H groups in total. The van der Waals surface area contributed by atoms with Crippen LogP contribution in [0.5, 0.6) is 0 Å². The monoisotopic (exact) mass is 259 g/mol. The van der Waals surface area contributed by atoms with Gasteiger partial charge in [-0.3, -0.25) is 9.59 Å². The molecule has 0 aliphatic heterocycles. The zero-order valence-corrected chi connectivity index (χ0v) is 11.0. The maximum absolute atomic E-state index is 11.6. The highest BCUT2D eigenvalue weighted by Gasteiger charge is 2.34. The van der Waals surface area contributed by atoms with Crippen LogP contribution in [-0.4, -0.2) is 43.5 Å². The van der Waals surface area contributed by atoms with E-state index in [1.807, 2.05) is 6.92 Å². The van der Waals surface area contributed by atoms with Crippen LogP contribution in [0, 0.1) is 0 Å². The van der Waals surface area contributed by atoms with Gasteiger partial charge in [0.2, 0.25) is 11.8 Å². The Morgan fingerprint density at radius 2 is 1.89 bits per heavy atom. The Morgan fingerprint density at radius 3 is 2.33 bits per heavy atom. The maximum atomic E-state index is 11.6. The summed E-state index contributed by atoms with van der Waals surface area (Å²) >= 11 is 0. The number of methoxy groups -OCH3 is 1. The van der Waals surface area contributed by atoms with E-state index in [0.717, 1.165) is 0 Å². The summed E-state index contributed by atoms with van der Waals surface area (Å²) in [5, 5.41) is 4.88. The largest absolute Gasteiger partial charge is 0.467 e. The Kier molecular flexibility index (Phi) is 6.96. The fourth-order valence-electron chi connectivity index (χ4n) is 1.54. The van der Waals surface area contributed by atoms with Crippen molar-refractivity contribution in [3.05, 3.63) is 0 Å². The van der Waals surface area contributed by atoms with E-state index in [-0.39, 0.29) is 13.1 Å². The van der Waals surface area contributed by atoms with Crippen molar-refractivity contribution in [2.75, 3.05) is 20.2 Å². The lowest BCUT2D eigenvalue weighted by molar-refractivity contribution is -0.150. The summed E-state index contributed by atoms with van der Waals surface area (Å²) in [6.07, 6.45) is 1.16. The van der Waals surface area contributed by atoms with Crippen LogP contribution in [0.1, 0.15) is 26.7 Å². The Morgan fingerprint density at radius 1 is 1.28 bits per heavy atom. The minimum absolute atomic E-state index is 0.184. The molecule has 0 aromatic heterocycles. The molecule has 0 rings (SSSR count). The van der Waals surface area contributed by atoms with E-state index in [9.17, 15) is 14.4 Å². The van der Waals surface area contributed by atoms with Gasteiger partial charge in [-0.2, -0.15) is 0 Å². The second kappa shape index (κ2) is 7.65. The van der Waals surface area contributed by atoms with Gasteiger partial charge in [0.1, 0.15) is 5.54 Å². The molecular formula is C11H21N3O4. The Bertz CT molecular complexity index is 319. The van der Waals surface area contributed by atoms with Crippen LogP contribution < -0.4 is 16.4 Å². The normalized spacial score (nSPS) is 13.3. The second-order valence-electron chi connectivity index (χ2n) is 4.10. The molecule has 1 unspecified atom stereocenters. The molecular weight excluding hydrogens is 238 g/mol. The predicted octanol–water partition coefficient (Wildman–Crippen LogP) is -1.09. The number of hydrogen-bond donors (Lipinski definition) is 3. The van der Waals surface area contributed by atoms with Crippen LogP contribution in [0.25, 0.3) is 0 Å². The van der Waals surface area contributed by atoms with Crippen LogP contribution in [0.15, 0.2) is 0 Å². The summed E-state index contributed by atoms with van der Waals surface area (Å²) in [5.74, 6) is -1.40. The van der Waals surface area contributed by atoms with E-state index >= 15 is 0 Å². The third-order valence-corrected chi connectivity index (χ3v) is 2.43. The molecule has 0 aliphatic carbocycles. The zero-order chi connectivity index (χ0) is 14.2. The third kappa shape index (κ3) is 5.13. The smallest absolute Gasteiger partial charge is 0.331 e. The number of carbonyl (C=O) groups excluding carboxylic acids is 3. The number of amides is 2. The van der Waals surface area contributed by atoms with E-state index in [1.54, 1.807) is 6.92 Å². The highest BCUT2D eigenvalue weighted by molar-refractivity contribution is 5.90. The van der Waals surface area contributed by atoms with Crippen LogP contribution in [0.3, 0.4) is 0 Å². The van der Waals surface area contributed by atoms with Gasteiger partial charge >= 0.3 is 5.97 Å². The summed E-state index contributed by atoms with van der Waals surface area (Å²) in [7, 11) is 1.26. The fourth-order valence-corrected chi connectivity index (χ4v) is 1.54. The van der Waals surface area contributed by atoms with Crippen molar-refractivity contribution in [2.24, 2.45) is 5.73 Å². The summed E-state index contributed by atoms with van der Waals surface area (Å²) < 4.78 is 4.65. The van der Waals surface area contributed by atoms with Crippen molar-refractivity contribution in [1.82, 2.24) is 10.6 Å². The first kappa shape index (κ1) is 16.4. The van der Waals surface area contributed by atoms with Crippen LogP contribution >= 0.6 is 0 Å². The molecule has 0 bridgehead atoms. The lowest BCUT2D eigenvalue weighted by Gasteiger charge is -2.27. The van der Waals surface area contributed by atoms with Gasteiger partial charge in [-0.1, -0.05) is 13.3 Å². The lowest BCUT2D eigenvalue weighted by Crippen LogP contribution is -2.55. The molecule has 0 fully saturated rings. The highest BCUT2D eigenvalue weighted by atomic mass is 16.5. The summed E-state index contributed by atoms with van der Waals surface area (Å²) in [6, 6.07) is 0. The van der Waals surface area contributed by atoms with Crippen molar-refractivity contribution in [3.63, 3.8) is 0 Å². The predicted molar refractivity (Wildman–Crippen MR) is 65.5 cm³/mol. The second-order valence-corrected chi connectivity index (χ2v) is 4.10. The number of carbonyl (C=O) groups is 3. The molecule has 0 spiro atoms. The van der Waals surface area contributed by atoms with Gasteiger partial charge in [0, 0.05) is 0 Å². The zero-order valence-electron chi connectivity index (χ0n) is 11.0. The van der Waals surface area contributed by atoms with Gasteiger partial charge in [-0.05, 0) is 13.3 Å². The van der Waals surface area contributed by atoms with Crippen molar-refractivity contribution in [3.8, 4) is 0 Å². The molecule has 7 heteroatoms.